The summed E-state index contributed by atoms with van der Waals surface area (Å²) in [5.74, 6) is -0.0740. The molecule has 0 amide bonds. The van der Waals surface area contributed by atoms with Crippen LogP contribution in [0, 0.1) is 0 Å². The summed E-state index contributed by atoms with van der Waals surface area (Å²) >= 11 is 6.00. The van der Waals surface area contributed by atoms with Gasteiger partial charge in [0.1, 0.15) is 11.3 Å². The maximum atomic E-state index is 11.8. The maximum absolute atomic E-state index is 11.8. The monoisotopic (exact) mass is 321 g/mol. The summed E-state index contributed by atoms with van der Waals surface area (Å²) in [6, 6.07) is 5.15. The van der Waals surface area contributed by atoms with Crippen molar-refractivity contribution in [3.8, 4) is 5.75 Å². The van der Waals surface area contributed by atoms with E-state index in [2.05, 4.69) is 11.9 Å². The van der Waals surface area contributed by atoms with Crippen LogP contribution in [0.5, 0.6) is 5.75 Å². The fourth-order valence-electron chi connectivity index (χ4n) is 3.29. The molecule has 1 N–H and O–H groups in total. The Morgan fingerprint density at radius 2 is 2.00 bits per heavy atom. The number of fused-ring (bicyclic) bond motifs is 1. The van der Waals surface area contributed by atoms with E-state index in [1.54, 1.807) is 6.07 Å². The third-order valence-electron chi connectivity index (χ3n) is 4.52. The minimum atomic E-state index is -0.402. The first-order valence-corrected chi connectivity index (χ1v) is 8.08. The van der Waals surface area contributed by atoms with Gasteiger partial charge in [0.15, 0.2) is 0 Å². The lowest BCUT2D eigenvalue weighted by Gasteiger charge is -2.31. The highest BCUT2D eigenvalue weighted by molar-refractivity contribution is 6.32. The molecule has 1 saturated carbocycles. The zero-order chi connectivity index (χ0) is 15.7. The Hall–Kier alpha value is -1.52. The van der Waals surface area contributed by atoms with Crippen molar-refractivity contribution in [2.45, 2.75) is 44.7 Å². The van der Waals surface area contributed by atoms with Crippen LogP contribution >= 0.6 is 11.6 Å². The summed E-state index contributed by atoms with van der Waals surface area (Å²) in [7, 11) is 2.10. The Labute approximate surface area is 134 Å². The van der Waals surface area contributed by atoms with Gasteiger partial charge in [0.05, 0.1) is 5.02 Å². The second kappa shape index (κ2) is 6.31. The van der Waals surface area contributed by atoms with Crippen LogP contribution in [0.15, 0.2) is 27.4 Å². The molecule has 22 heavy (non-hydrogen) atoms. The van der Waals surface area contributed by atoms with Gasteiger partial charge in [0.25, 0.3) is 0 Å². The van der Waals surface area contributed by atoms with Crippen LogP contribution in [0.2, 0.25) is 5.02 Å². The molecular formula is C17H20ClNO3. The second-order valence-corrected chi connectivity index (χ2v) is 6.50. The Bertz CT molecular complexity index is 734. The summed E-state index contributed by atoms with van der Waals surface area (Å²) < 4.78 is 5.17. The summed E-state index contributed by atoms with van der Waals surface area (Å²) in [6.45, 7) is 0.674. The molecular weight excluding hydrogens is 302 g/mol. The minimum Gasteiger partial charge on any atom is -0.506 e. The van der Waals surface area contributed by atoms with E-state index < -0.39 is 5.63 Å². The van der Waals surface area contributed by atoms with Crippen molar-refractivity contribution in [1.82, 2.24) is 4.90 Å². The van der Waals surface area contributed by atoms with Crippen LogP contribution < -0.4 is 5.63 Å². The second-order valence-electron chi connectivity index (χ2n) is 6.10. The first kappa shape index (κ1) is 15.4. The largest absolute Gasteiger partial charge is 0.506 e. The van der Waals surface area contributed by atoms with E-state index in [0.29, 0.717) is 18.2 Å². The van der Waals surface area contributed by atoms with Crippen LogP contribution in [0.4, 0.5) is 0 Å². The third kappa shape index (κ3) is 3.13. The lowest BCUT2D eigenvalue weighted by molar-refractivity contribution is 0.185. The average Bonchev–Trinajstić information content (AvgIpc) is 2.50. The highest BCUT2D eigenvalue weighted by Gasteiger charge is 2.19. The van der Waals surface area contributed by atoms with E-state index in [0.717, 1.165) is 10.9 Å². The number of hydrogen-bond donors (Lipinski definition) is 1. The van der Waals surface area contributed by atoms with E-state index in [1.165, 1.54) is 44.2 Å². The van der Waals surface area contributed by atoms with Crippen molar-refractivity contribution in [3.63, 3.8) is 0 Å². The molecule has 4 nitrogen and oxygen atoms in total. The molecule has 1 fully saturated rings. The third-order valence-corrected chi connectivity index (χ3v) is 4.82. The first-order chi connectivity index (χ1) is 10.5. The topological polar surface area (TPSA) is 53.7 Å². The molecule has 1 aromatic heterocycles. The van der Waals surface area contributed by atoms with E-state index in [9.17, 15) is 9.90 Å². The van der Waals surface area contributed by atoms with Gasteiger partial charge in [-0.25, -0.2) is 4.79 Å². The van der Waals surface area contributed by atoms with Gasteiger partial charge in [-0.2, -0.15) is 0 Å². The number of phenols is 1. The van der Waals surface area contributed by atoms with E-state index >= 15 is 0 Å². The molecule has 0 unspecified atom stereocenters. The molecule has 1 aliphatic carbocycles. The summed E-state index contributed by atoms with van der Waals surface area (Å²) in [5, 5.41) is 10.7. The predicted octanol–water partition coefficient (Wildman–Crippen LogP) is 3.92. The molecule has 5 heteroatoms. The standard InChI is InChI=1S/C17H20ClNO3/c1-19(12-5-3-2-4-6-12)10-11-7-17(21)22-16-9-15(20)14(18)8-13(11)16/h7-9,12,20H,2-6,10H2,1H3. The fourth-order valence-corrected chi connectivity index (χ4v) is 3.45. The Morgan fingerprint density at radius 1 is 1.27 bits per heavy atom. The molecule has 1 heterocycles. The van der Waals surface area contributed by atoms with Gasteiger partial charge in [-0.1, -0.05) is 30.9 Å². The highest BCUT2D eigenvalue weighted by Crippen LogP contribution is 2.31. The molecule has 1 aliphatic rings. The molecule has 2 aromatic rings. The van der Waals surface area contributed by atoms with Gasteiger partial charge >= 0.3 is 5.63 Å². The van der Waals surface area contributed by atoms with Crippen molar-refractivity contribution in [2.75, 3.05) is 7.05 Å². The van der Waals surface area contributed by atoms with Crippen molar-refractivity contribution in [3.05, 3.63) is 39.2 Å². The zero-order valence-electron chi connectivity index (χ0n) is 12.6. The summed E-state index contributed by atoms with van der Waals surface area (Å²) in [6.07, 6.45) is 6.27. The Morgan fingerprint density at radius 3 is 2.73 bits per heavy atom. The molecule has 0 atom stereocenters. The number of aromatic hydroxyl groups is 1. The van der Waals surface area contributed by atoms with Gasteiger partial charge in [0, 0.05) is 30.1 Å². The molecule has 3 rings (SSSR count). The molecule has 0 radical (unpaired) electrons. The number of nitrogens with zero attached hydrogens (tertiary/aromatic N) is 1. The first-order valence-electron chi connectivity index (χ1n) is 7.70. The minimum absolute atomic E-state index is 0.0740. The van der Waals surface area contributed by atoms with Crippen LogP contribution in [-0.4, -0.2) is 23.1 Å². The van der Waals surface area contributed by atoms with Crippen molar-refractivity contribution in [2.24, 2.45) is 0 Å². The van der Waals surface area contributed by atoms with Crippen molar-refractivity contribution >= 4 is 22.6 Å². The highest BCUT2D eigenvalue weighted by atomic mass is 35.5. The van der Waals surface area contributed by atoms with Gasteiger partial charge in [-0.15, -0.1) is 0 Å². The van der Waals surface area contributed by atoms with Crippen molar-refractivity contribution < 1.29 is 9.52 Å². The van der Waals surface area contributed by atoms with Crippen LogP contribution in [-0.2, 0) is 6.54 Å². The Kier molecular flexibility index (Phi) is 4.41. The van der Waals surface area contributed by atoms with Gasteiger partial charge in [-0.05, 0) is 31.5 Å². The number of hydrogen-bond acceptors (Lipinski definition) is 4. The smallest absolute Gasteiger partial charge is 0.336 e. The molecule has 1 aromatic carbocycles. The fraction of sp³-hybridized carbons (Fsp3) is 0.471. The predicted molar refractivity (Wildman–Crippen MR) is 87.5 cm³/mol. The maximum Gasteiger partial charge on any atom is 0.336 e. The van der Waals surface area contributed by atoms with Crippen molar-refractivity contribution in [1.29, 1.82) is 0 Å². The quantitative estimate of drug-likeness (QED) is 0.871. The number of benzene rings is 1. The number of phenolic OH excluding ortho intramolecular Hbond substituents is 1. The number of rotatable bonds is 3. The molecule has 0 aliphatic heterocycles. The normalized spacial score (nSPS) is 16.5. The van der Waals surface area contributed by atoms with Gasteiger partial charge in [0.2, 0.25) is 0 Å². The van der Waals surface area contributed by atoms with Crippen LogP contribution in [0.1, 0.15) is 37.7 Å². The van der Waals surface area contributed by atoms with Gasteiger partial charge in [-0.3, -0.25) is 4.90 Å². The van der Waals surface area contributed by atoms with Crippen LogP contribution in [0.3, 0.4) is 0 Å². The lowest BCUT2D eigenvalue weighted by atomic mass is 9.94. The lowest BCUT2D eigenvalue weighted by Crippen LogP contribution is -2.33. The molecule has 118 valence electrons. The molecule has 0 spiro atoms. The van der Waals surface area contributed by atoms with E-state index in [1.807, 2.05) is 0 Å². The summed E-state index contributed by atoms with van der Waals surface area (Å²) in [4.78, 5) is 14.1. The molecule has 0 bridgehead atoms. The van der Waals surface area contributed by atoms with E-state index in [4.69, 9.17) is 16.0 Å². The molecule has 0 saturated heterocycles. The van der Waals surface area contributed by atoms with Crippen LogP contribution in [0.25, 0.3) is 11.0 Å². The summed E-state index contributed by atoms with van der Waals surface area (Å²) in [5.41, 5.74) is 0.865. The SMILES string of the molecule is CN(Cc1cc(=O)oc2cc(O)c(Cl)cc12)C1CCCCC1. The van der Waals surface area contributed by atoms with E-state index in [-0.39, 0.29) is 10.8 Å². The zero-order valence-corrected chi connectivity index (χ0v) is 13.4. The number of halogens is 1. The Balaban J connectivity index is 1.95. The average molecular weight is 322 g/mol. The van der Waals surface area contributed by atoms with Gasteiger partial charge < -0.3 is 9.52 Å².